The van der Waals surface area contributed by atoms with E-state index >= 15 is 0 Å². The van der Waals surface area contributed by atoms with E-state index in [0.717, 1.165) is 109 Å². The summed E-state index contributed by atoms with van der Waals surface area (Å²) in [7, 11) is -9.89. The molecule has 0 bridgehead atoms. The molecule has 0 rings (SSSR count). The van der Waals surface area contributed by atoms with Crippen LogP contribution in [-0.2, 0) is 65.4 Å². The summed E-state index contributed by atoms with van der Waals surface area (Å²) < 4.78 is 68.2. The van der Waals surface area contributed by atoms with Crippen molar-refractivity contribution in [3.8, 4) is 0 Å². The first-order valence-electron chi connectivity index (χ1n) is 37.6. The number of hydrogen-bond acceptors (Lipinski definition) is 15. The summed E-state index contributed by atoms with van der Waals surface area (Å²) in [5.41, 5.74) is 0. The molecule has 0 amide bonds. The van der Waals surface area contributed by atoms with Gasteiger partial charge in [-0.05, 0) is 31.6 Å². The fraction of sp³-hybridized carbons (Fsp3) is 0.944. The third-order valence-corrected chi connectivity index (χ3v) is 18.7. The minimum atomic E-state index is -4.95. The highest BCUT2D eigenvalue weighted by atomic mass is 31.2. The molecule has 0 aliphatic rings. The predicted octanol–water partition coefficient (Wildman–Crippen LogP) is 20.9. The molecule has 19 heteroatoms. The lowest BCUT2D eigenvalue weighted by Gasteiger charge is -2.21. The summed E-state index contributed by atoms with van der Waals surface area (Å²) in [6.07, 6.45) is 52.9. The lowest BCUT2D eigenvalue weighted by Crippen LogP contribution is -2.30. The maximum absolute atomic E-state index is 13.0. The molecule has 17 nitrogen and oxygen atoms in total. The van der Waals surface area contributed by atoms with Gasteiger partial charge < -0.3 is 33.8 Å². The minimum Gasteiger partial charge on any atom is -0.462 e. The molecule has 0 spiro atoms. The lowest BCUT2D eigenvalue weighted by molar-refractivity contribution is -0.161. The number of aliphatic hydroxyl groups excluding tert-OH is 1. The largest absolute Gasteiger partial charge is 0.472 e. The zero-order valence-electron chi connectivity index (χ0n) is 59.0. The van der Waals surface area contributed by atoms with Gasteiger partial charge >= 0.3 is 39.5 Å². The number of phosphoric acid groups is 2. The number of rotatable bonds is 72. The Bertz CT molecular complexity index is 1750. The third kappa shape index (κ3) is 66.5. The van der Waals surface area contributed by atoms with E-state index in [1.165, 1.54) is 186 Å². The fourth-order valence-electron chi connectivity index (χ4n) is 11.0. The summed E-state index contributed by atoms with van der Waals surface area (Å²) in [5, 5.41) is 10.6. The van der Waals surface area contributed by atoms with Gasteiger partial charge in [0.15, 0.2) is 12.2 Å². The molecule has 2 unspecified atom stereocenters. The van der Waals surface area contributed by atoms with Gasteiger partial charge in [-0.1, -0.05) is 324 Å². The summed E-state index contributed by atoms with van der Waals surface area (Å²) in [4.78, 5) is 72.5. The van der Waals surface area contributed by atoms with Crippen molar-refractivity contribution in [3.05, 3.63) is 0 Å². The van der Waals surface area contributed by atoms with Crippen LogP contribution in [0.25, 0.3) is 0 Å². The molecule has 540 valence electrons. The van der Waals surface area contributed by atoms with E-state index in [0.29, 0.717) is 25.7 Å². The van der Waals surface area contributed by atoms with Crippen LogP contribution in [0.5, 0.6) is 0 Å². The maximum atomic E-state index is 13.0. The number of hydrogen-bond donors (Lipinski definition) is 3. The van der Waals surface area contributed by atoms with Gasteiger partial charge in [-0.25, -0.2) is 9.13 Å². The Kier molecular flexibility index (Phi) is 64.0. The lowest BCUT2D eigenvalue weighted by atomic mass is 10.0. The van der Waals surface area contributed by atoms with Crippen molar-refractivity contribution in [1.82, 2.24) is 0 Å². The Morgan fingerprint density at radius 1 is 0.297 bits per heavy atom. The second kappa shape index (κ2) is 65.4. The fourth-order valence-corrected chi connectivity index (χ4v) is 12.6. The summed E-state index contributed by atoms with van der Waals surface area (Å²) in [5.74, 6) is -1.33. The van der Waals surface area contributed by atoms with Crippen LogP contribution in [0.4, 0.5) is 0 Å². The van der Waals surface area contributed by atoms with Crippen LogP contribution in [0.3, 0.4) is 0 Å². The minimum absolute atomic E-state index is 0.106. The number of esters is 4. The topological polar surface area (TPSA) is 237 Å². The molecule has 0 saturated heterocycles. The monoisotopic (exact) mass is 1340 g/mol. The van der Waals surface area contributed by atoms with E-state index < -0.39 is 97.5 Å². The summed E-state index contributed by atoms with van der Waals surface area (Å²) in [6, 6.07) is 0. The number of phosphoric ester groups is 2. The third-order valence-electron chi connectivity index (χ3n) is 16.8. The Morgan fingerprint density at radius 2 is 0.505 bits per heavy atom. The summed E-state index contributed by atoms with van der Waals surface area (Å²) >= 11 is 0. The van der Waals surface area contributed by atoms with Crippen LogP contribution in [0, 0.1) is 5.92 Å². The molecule has 0 aromatic heterocycles. The first-order valence-corrected chi connectivity index (χ1v) is 40.6. The van der Waals surface area contributed by atoms with E-state index in [1.807, 2.05) is 0 Å². The molecule has 0 aliphatic carbocycles. The van der Waals surface area contributed by atoms with Crippen molar-refractivity contribution >= 4 is 39.5 Å². The average Bonchev–Trinajstić information content (AvgIpc) is 3.56. The van der Waals surface area contributed by atoms with Gasteiger partial charge in [0.1, 0.15) is 19.3 Å². The van der Waals surface area contributed by atoms with Gasteiger partial charge in [0.05, 0.1) is 26.4 Å². The van der Waals surface area contributed by atoms with E-state index in [-0.39, 0.29) is 25.7 Å². The average molecular weight is 1340 g/mol. The number of carbonyl (C=O) groups excluding carboxylic acids is 4. The molecule has 0 saturated carbocycles. The molecule has 0 aromatic carbocycles. The number of aliphatic hydroxyl groups is 1. The Balaban J connectivity index is 5.18. The van der Waals surface area contributed by atoms with E-state index in [2.05, 4.69) is 34.6 Å². The number of carbonyl (C=O) groups is 4. The Morgan fingerprint density at radius 3 is 0.747 bits per heavy atom. The van der Waals surface area contributed by atoms with Crippen molar-refractivity contribution in [1.29, 1.82) is 0 Å². The van der Waals surface area contributed by atoms with Crippen molar-refractivity contribution in [2.24, 2.45) is 5.92 Å². The van der Waals surface area contributed by atoms with Crippen LogP contribution in [0.1, 0.15) is 375 Å². The molecule has 0 aliphatic heterocycles. The maximum Gasteiger partial charge on any atom is 0.472 e. The van der Waals surface area contributed by atoms with Crippen molar-refractivity contribution in [2.45, 2.75) is 393 Å². The molecule has 0 aromatic rings. The highest BCUT2D eigenvalue weighted by molar-refractivity contribution is 7.47. The smallest absolute Gasteiger partial charge is 0.462 e. The SMILES string of the molecule is CCCCCCCCCCCCCCCCCCCCC(=O)O[C@H](COC(=O)CCCCCCCCCCCCCCCC(C)C)COP(=O)(O)OC[C@@H](O)COP(=O)(O)OC[C@@H](COC(=O)CCCCCCCCC)OC(=O)CCCCCCCCCCCC. The molecule has 0 radical (unpaired) electrons. The van der Waals surface area contributed by atoms with Crippen molar-refractivity contribution in [2.75, 3.05) is 39.6 Å². The molecule has 3 N–H and O–H groups in total. The second-order valence-corrected chi connectivity index (χ2v) is 29.4. The van der Waals surface area contributed by atoms with Crippen LogP contribution in [-0.4, -0.2) is 96.7 Å². The zero-order valence-corrected chi connectivity index (χ0v) is 60.8. The molecule has 0 heterocycles. The zero-order chi connectivity index (χ0) is 67.0. The number of ether oxygens (including phenoxy) is 4. The highest BCUT2D eigenvalue weighted by Crippen LogP contribution is 2.45. The molecule has 91 heavy (non-hydrogen) atoms. The normalized spacial score (nSPS) is 14.0. The van der Waals surface area contributed by atoms with Gasteiger partial charge in [-0.3, -0.25) is 37.3 Å². The van der Waals surface area contributed by atoms with E-state index in [9.17, 15) is 43.2 Å². The Hall–Kier alpha value is -1.94. The van der Waals surface area contributed by atoms with Crippen LogP contribution in [0.2, 0.25) is 0 Å². The van der Waals surface area contributed by atoms with E-state index in [1.54, 1.807) is 0 Å². The summed E-state index contributed by atoms with van der Waals surface area (Å²) in [6.45, 7) is 7.23. The molecule has 5 atom stereocenters. The first kappa shape index (κ1) is 89.1. The Labute approximate surface area is 556 Å². The van der Waals surface area contributed by atoms with Gasteiger partial charge in [-0.2, -0.15) is 0 Å². The van der Waals surface area contributed by atoms with Gasteiger partial charge in [-0.15, -0.1) is 0 Å². The van der Waals surface area contributed by atoms with Crippen molar-refractivity contribution < 1.29 is 80.2 Å². The van der Waals surface area contributed by atoms with Crippen LogP contribution >= 0.6 is 15.6 Å². The quantitative estimate of drug-likeness (QED) is 0.0222. The van der Waals surface area contributed by atoms with Crippen molar-refractivity contribution in [3.63, 3.8) is 0 Å². The van der Waals surface area contributed by atoms with Gasteiger partial charge in [0, 0.05) is 25.7 Å². The predicted molar refractivity (Wildman–Crippen MR) is 368 cm³/mol. The standard InChI is InChI=1S/C72H140O17P2/c1-6-9-12-15-18-20-22-23-24-25-26-27-30-34-38-43-48-53-58-72(77)89-68(62-83-70(75)56-51-46-41-37-33-31-28-29-32-35-40-44-49-54-65(4)5)64-87-91(80,81)85-60-66(73)59-84-90(78,79)86-63-67(61-82-69(74)55-50-45-39-17-14-11-8-3)88-71(76)57-52-47-42-36-21-19-16-13-10-7-2/h65-68,73H,6-64H2,1-5H3,(H,78,79)(H,80,81)/t66-,67+,68+/m0/s1. The van der Waals surface area contributed by atoms with Gasteiger partial charge in [0.25, 0.3) is 0 Å². The molecular formula is C72H140O17P2. The van der Waals surface area contributed by atoms with E-state index in [4.69, 9.17) is 37.0 Å². The molecule has 0 fully saturated rings. The number of unbranched alkanes of at least 4 members (excludes halogenated alkanes) is 44. The first-order chi connectivity index (χ1) is 44.0. The van der Waals surface area contributed by atoms with Crippen LogP contribution < -0.4 is 0 Å². The second-order valence-electron chi connectivity index (χ2n) is 26.5. The molecular weight excluding hydrogens is 1200 g/mol. The van der Waals surface area contributed by atoms with Crippen LogP contribution in [0.15, 0.2) is 0 Å². The highest BCUT2D eigenvalue weighted by Gasteiger charge is 2.30. The van der Waals surface area contributed by atoms with Gasteiger partial charge in [0.2, 0.25) is 0 Å².